The fourth-order valence-corrected chi connectivity index (χ4v) is 2.21. The summed E-state index contributed by atoms with van der Waals surface area (Å²) in [4.78, 5) is 34.9. The number of carbonyl (C=O) groups is 2. The molecule has 1 aliphatic heterocycles. The molecule has 122 valence electrons. The fraction of sp³-hybridized carbons (Fsp3) is 0.333. The molecule has 0 spiro atoms. The van der Waals surface area contributed by atoms with Crippen molar-refractivity contribution in [3.63, 3.8) is 0 Å². The molecule has 0 bridgehead atoms. The lowest BCUT2D eigenvalue weighted by Gasteiger charge is -2.13. The third-order valence-electron chi connectivity index (χ3n) is 3.46. The standard InChI is InChI=1S/C15H17N3O5/c1-10(18(22)23)8-11-2-4-12(5-3-11)16-13-9-14(20)17(6-7-19)15(13)21/h2-5,9-10,16,19H,6-8H2,1H3. The quantitative estimate of drug-likeness (QED) is 0.431. The summed E-state index contributed by atoms with van der Waals surface area (Å²) in [6.45, 7) is 1.20. The van der Waals surface area contributed by atoms with Crippen LogP contribution in [0.15, 0.2) is 36.0 Å². The van der Waals surface area contributed by atoms with Crippen molar-refractivity contribution in [1.82, 2.24) is 4.90 Å². The van der Waals surface area contributed by atoms with Gasteiger partial charge in [-0.2, -0.15) is 0 Å². The maximum Gasteiger partial charge on any atom is 0.277 e. The van der Waals surface area contributed by atoms with Crippen LogP contribution in [0, 0.1) is 10.1 Å². The summed E-state index contributed by atoms with van der Waals surface area (Å²) in [5.41, 5.74) is 1.54. The molecule has 1 aliphatic rings. The zero-order chi connectivity index (χ0) is 17.0. The number of hydrogen-bond acceptors (Lipinski definition) is 6. The second-order valence-electron chi connectivity index (χ2n) is 5.24. The number of amides is 2. The monoisotopic (exact) mass is 319 g/mol. The maximum absolute atomic E-state index is 12.0. The molecule has 2 N–H and O–H groups in total. The Morgan fingerprint density at radius 1 is 1.30 bits per heavy atom. The first-order chi connectivity index (χ1) is 10.9. The SMILES string of the molecule is CC(Cc1ccc(NC2=CC(=O)N(CCO)C2=O)cc1)[N+](=O)[O-]. The normalized spacial score (nSPS) is 15.6. The van der Waals surface area contributed by atoms with Gasteiger partial charge in [0.05, 0.1) is 13.2 Å². The Morgan fingerprint density at radius 3 is 2.52 bits per heavy atom. The molecule has 1 aromatic carbocycles. The average Bonchev–Trinajstić information content (AvgIpc) is 2.77. The Morgan fingerprint density at radius 2 is 1.96 bits per heavy atom. The molecule has 0 saturated heterocycles. The number of hydrogen-bond donors (Lipinski definition) is 2. The van der Waals surface area contributed by atoms with Crippen molar-refractivity contribution in [2.75, 3.05) is 18.5 Å². The molecule has 2 rings (SSSR count). The van der Waals surface area contributed by atoms with Gasteiger partial charge >= 0.3 is 0 Å². The summed E-state index contributed by atoms with van der Waals surface area (Å²) >= 11 is 0. The van der Waals surface area contributed by atoms with Crippen molar-refractivity contribution >= 4 is 17.5 Å². The van der Waals surface area contributed by atoms with E-state index >= 15 is 0 Å². The molecule has 0 radical (unpaired) electrons. The van der Waals surface area contributed by atoms with Crippen molar-refractivity contribution in [1.29, 1.82) is 0 Å². The number of aliphatic hydroxyl groups is 1. The van der Waals surface area contributed by atoms with E-state index in [9.17, 15) is 19.7 Å². The van der Waals surface area contributed by atoms with Crippen LogP contribution >= 0.6 is 0 Å². The zero-order valence-corrected chi connectivity index (χ0v) is 12.6. The lowest BCUT2D eigenvalue weighted by atomic mass is 10.1. The van der Waals surface area contributed by atoms with E-state index in [1.165, 1.54) is 13.0 Å². The predicted molar refractivity (Wildman–Crippen MR) is 82.1 cm³/mol. The first-order valence-corrected chi connectivity index (χ1v) is 7.10. The van der Waals surface area contributed by atoms with Crippen molar-refractivity contribution < 1.29 is 19.6 Å². The van der Waals surface area contributed by atoms with Gasteiger partial charge in [0, 0.05) is 30.0 Å². The summed E-state index contributed by atoms with van der Waals surface area (Å²) in [5, 5.41) is 22.3. The topological polar surface area (TPSA) is 113 Å². The van der Waals surface area contributed by atoms with E-state index in [-0.39, 0.29) is 23.8 Å². The molecule has 1 aromatic rings. The molecule has 1 heterocycles. The minimum absolute atomic E-state index is 0.0446. The third kappa shape index (κ3) is 3.92. The van der Waals surface area contributed by atoms with Crippen LogP contribution in [0.1, 0.15) is 12.5 Å². The van der Waals surface area contributed by atoms with Crippen LogP contribution < -0.4 is 5.32 Å². The third-order valence-corrected chi connectivity index (χ3v) is 3.46. The number of nitrogens with one attached hydrogen (secondary N) is 1. The second kappa shape index (κ2) is 7.01. The number of carbonyl (C=O) groups excluding carboxylic acids is 2. The molecule has 23 heavy (non-hydrogen) atoms. The van der Waals surface area contributed by atoms with Gasteiger partial charge < -0.3 is 10.4 Å². The second-order valence-corrected chi connectivity index (χ2v) is 5.24. The van der Waals surface area contributed by atoms with E-state index in [4.69, 9.17) is 5.11 Å². The van der Waals surface area contributed by atoms with Gasteiger partial charge in [0.15, 0.2) is 0 Å². The average molecular weight is 319 g/mol. The van der Waals surface area contributed by atoms with Gasteiger partial charge in [-0.1, -0.05) is 12.1 Å². The Kier molecular flexibility index (Phi) is 5.07. The number of β-amino-alcohol motifs (C(OH)–C–C–N with tert-alkyl or cyclic N) is 1. The number of nitro groups is 1. The van der Waals surface area contributed by atoms with Crippen LogP contribution in [0.4, 0.5) is 5.69 Å². The van der Waals surface area contributed by atoms with E-state index in [1.54, 1.807) is 24.3 Å². The van der Waals surface area contributed by atoms with Gasteiger partial charge in [0.1, 0.15) is 5.70 Å². The molecule has 0 aliphatic carbocycles. The van der Waals surface area contributed by atoms with E-state index in [2.05, 4.69) is 5.32 Å². The lowest BCUT2D eigenvalue weighted by Crippen LogP contribution is -2.34. The highest BCUT2D eigenvalue weighted by atomic mass is 16.6. The van der Waals surface area contributed by atoms with Crippen molar-refractivity contribution in [3.8, 4) is 0 Å². The molecular formula is C15H17N3O5. The Balaban J connectivity index is 2.02. The Hall–Kier alpha value is -2.74. The molecule has 1 unspecified atom stereocenters. The highest BCUT2D eigenvalue weighted by Crippen LogP contribution is 2.18. The fourth-order valence-electron chi connectivity index (χ4n) is 2.21. The zero-order valence-electron chi connectivity index (χ0n) is 12.6. The molecule has 0 aromatic heterocycles. The van der Waals surface area contributed by atoms with Crippen molar-refractivity contribution in [3.05, 3.63) is 51.7 Å². The van der Waals surface area contributed by atoms with Crippen LogP contribution in [0.2, 0.25) is 0 Å². The number of benzene rings is 1. The van der Waals surface area contributed by atoms with Gasteiger partial charge in [-0.25, -0.2) is 0 Å². The largest absolute Gasteiger partial charge is 0.395 e. The number of imide groups is 1. The highest BCUT2D eigenvalue weighted by Gasteiger charge is 2.30. The molecule has 8 nitrogen and oxygen atoms in total. The van der Waals surface area contributed by atoms with E-state index in [0.717, 1.165) is 10.5 Å². The van der Waals surface area contributed by atoms with E-state index in [0.29, 0.717) is 12.1 Å². The minimum atomic E-state index is -0.669. The molecule has 0 fully saturated rings. The Bertz CT molecular complexity index is 654. The predicted octanol–water partition coefficient (Wildman–Crippen LogP) is 0.551. The minimum Gasteiger partial charge on any atom is -0.395 e. The van der Waals surface area contributed by atoms with E-state index < -0.39 is 17.9 Å². The molecule has 8 heteroatoms. The van der Waals surface area contributed by atoms with Gasteiger partial charge in [-0.3, -0.25) is 24.6 Å². The summed E-state index contributed by atoms with van der Waals surface area (Å²) in [6.07, 6.45) is 1.50. The molecule has 0 saturated carbocycles. The highest BCUT2D eigenvalue weighted by molar-refractivity contribution is 6.17. The Labute approximate surface area is 132 Å². The maximum atomic E-state index is 12.0. The van der Waals surface area contributed by atoms with Gasteiger partial charge in [-0.05, 0) is 17.7 Å². The smallest absolute Gasteiger partial charge is 0.277 e. The first-order valence-electron chi connectivity index (χ1n) is 7.10. The number of anilines is 1. The van der Waals surface area contributed by atoms with Crippen LogP contribution in [-0.2, 0) is 16.0 Å². The summed E-state index contributed by atoms with van der Waals surface area (Å²) in [6, 6.07) is 6.17. The summed E-state index contributed by atoms with van der Waals surface area (Å²) in [7, 11) is 0. The molecular weight excluding hydrogens is 302 g/mol. The van der Waals surface area contributed by atoms with Crippen molar-refractivity contribution in [2.24, 2.45) is 0 Å². The van der Waals surface area contributed by atoms with Crippen LogP contribution in [-0.4, -0.2) is 45.9 Å². The van der Waals surface area contributed by atoms with Gasteiger partial charge in [0.25, 0.3) is 11.8 Å². The van der Waals surface area contributed by atoms with Crippen molar-refractivity contribution in [2.45, 2.75) is 19.4 Å². The van der Waals surface area contributed by atoms with E-state index in [1.807, 2.05) is 0 Å². The number of rotatable bonds is 7. The van der Waals surface area contributed by atoms with Crippen LogP contribution in [0.5, 0.6) is 0 Å². The summed E-state index contributed by atoms with van der Waals surface area (Å²) < 4.78 is 0. The van der Waals surface area contributed by atoms with Crippen LogP contribution in [0.25, 0.3) is 0 Å². The molecule has 1 atom stereocenters. The summed E-state index contributed by atoms with van der Waals surface area (Å²) in [5.74, 6) is -0.960. The number of nitrogens with zero attached hydrogens (tertiary/aromatic N) is 2. The van der Waals surface area contributed by atoms with Gasteiger partial charge in [0.2, 0.25) is 6.04 Å². The van der Waals surface area contributed by atoms with Crippen LogP contribution in [0.3, 0.4) is 0 Å². The lowest BCUT2D eigenvalue weighted by molar-refractivity contribution is -0.517. The van der Waals surface area contributed by atoms with Gasteiger partial charge in [-0.15, -0.1) is 0 Å². The number of aliphatic hydroxyl groups excluding tert-OH is 1. The first kappa shape index (κ1) is 16.6. The molecule has 2 amide bonds.